The summed E-state index contributed by atoms with van der Waals surface area (Å²) in [4.78, 5) is 3.50. The fourth-order valence-electron chi connectivity index (χ4n) is 0.161. The van der Waals surface area contributed by atoms with Crippen LogP contribution in [0.5, 0.6) is 0 Å². The molecule has 0 spiro atoms. The first-order chi connectivity index (χ1) is 3.81. The number of hydrogen-bond acceptors (Lipinski definition) is 3. The van der Waals surface area contributed by atoms with Crippen molar-refractivity contribution in [3.63, 3.8) is 0 Å². The Balaban J connectivity index is 3.44. The molecule has 0 rings (SSSR count). The molecule has 0 radical (unpaired) electrons. The van der Waals surface area contributed by atoms with Gasteiger partial charge in [-0.1, -0.05) is 0 Å². The van der Waals surface area contributed by atoms with E-state index < -0.39 is 0 Å². The van der Waals surface area contributed by atoms with Gasteiger partial charge in [0.15, 0.2) is 0 Å². The third-order valence-corrected chi connectivity index (χ3v) is 0.450. The van der Waals surface area contributed by atoms with Crippen LogP contribution in [0.3, 0.4) is 0 Å². The quantitative estimate of drug-likeness (QED) is 0.360. The Morgan fingerprint density at radius 1 is 2.00 bits per heavy atom. The van der Waals surface area contributed by atoms with Gasteiger partial charge >= 0.3 is 0 Å². The van der Waals surface area contributed by atoms with Crippen LogP contribution in [0.4, 0.5) is 0 Å². The Morgan fingerprint density at radius 3 is 3.00 bits per heavy atom. The van der Waals surface area contributed by atoms with Crippen molar-refractivity contribution in [2.75, 3.05) is 7.05 Å². The Morgan fingerprint density at radius 2 is 2.62 bits per heavy atom. The molecule has 8 heavy (non-hydrogen) atoms. The van der Waals surface area contributed by atoms with Gasteiger partial charge in [-0.3, -0.25) is 10.4 Å². The van der Waals surface area contributed by atoms with Gasteiger partial charge in [0, 0.05) is 7.05 Å². The van der Waals surface area contributed by atoms with E-state index in [-0.39, 0.29) is 5.84 Å². The Kier molecular flexibility index (Phi) is 3.16. The molecule has 0 aliphatic carbocycles. The molecule has 0 fully saturated rings. The number of aliphatic imine (C=N–C) groups is 1. The molecule has 0 aromatic carbocycles. The van der Waals surface area contributed by atoms with Gasteiger partial charge < -0.3 is 5.32 Å². The van der Waals surface area contributed by atoms with E-state index in [9.17, 15) is 0 Å². The van der Waals surface area contributed by atoms with Gasteiger partial charge in [0.05, 0.1) is 6.34 Å². The molecular formula is C4H6N4. The van der Waals surface area contributed by atoms with E-state index in [0.717, 1.165) is 0 Å². The van der Waals surface area contributed by atoms with Crippen LogP contribution in [0.1, 0.15) is 0 Å². The predicted octanol–water partition coefficient (Wildman–Crippen LogP) is -0.265. The molecule has 4 nitrogen and oxygen atoms in total. The van der Waals surface area contributed by atoms with Crippen LogP contribution in [-0.4, -0.2) is 19.2 Å². The molecule has 0 aliphatic heterocycles. The van der Waals surface area contributed by atoms with Crippen molar-refractivity contribution < 1.29 is 0 Å². The van der Waals surface area contributed by atoms with Crippen molar-refractivity contribution in [1.82, 2.24) is 5.32 Å². The van der Waals surface area contributed by atoms with Crippen LogP contribution in [0.25, 0.3) is 0 Å². The lowest BCUT2D eigenvalue weighted by Gasteiger charge is -1.85. The standard InChI is InChI=1S/C4H6N4/c1-7-3-8-4(6)2-5/h3H,1H3,(H2,6,7,8). The molecule has 0 atom stereocenters. The van der Waals surface area contributed by atoms with Crippen LogP contribution >= 0.6 is 0 Å². The van der Waals surface area contributed by atoms with E-state index in [2.05, 4.69) is 10.3 Å². The highest BCUT2D eigenvalue weighted by Gasteiger charge is 1.81. The number of nitriles is 1. The maximum atomic E-state index is 7.96. The fraction of sp³-hybridized carbons (Fsp3) is 0.250. The summed E-state index contributed by atoms with van der Waals surface area (Å²) in [5.74, 6) is -0.199. The SMILES string of the molecule is CN=CNC(=N)C#N. The molecule has 0 bridgehead atoms. The minimum absolute atomic E-state index is 0.199. The van der Waals surface area contributed by atoms with Crippen molar-refractivity contribution >= 4 is 12.2 Å². The lowest BCUT2D eigenvalue weighted by molar-refractivity contribution is 1.30. The zero-order chi connectivity index (χ0) is 6.41. The second-order valence-corrected chi connectivity index (χ2v) is 1.02. The number of hydrogen-bond donors (Lipinski definition) is 2. The van der Waals surface area contributed by atoms with Gasteiger partial charge in [-0.2, -0.15) is 5.26 Å². The summed E-state index contributed by atoms with van der Waals surface area (Å²) in [7, 11) is 1.55. The van der Waals surface area contributed by atoms with E-state index in [4.69, 9.17) is 10.7 Å². The second-order valence-electron chi connectivity index (χ2n) is 1.02. The van der Waals surface area contributed by atoms with Crippen molar-refractivity contribution in [1.29, 1.82) is 10.7 Å². The highest BCUT2D eigenvalue weighted by Crippen LogP contribution is 1.54. The summed E-state index contributed by atoms with van der Waals surface area (Å²) in [6.07, 6.45) is 1.28. The van der Waals surface area contributed by atoms with E-state index >= 15 is 0 Å². The first-order valence-electron chi connectivity index (χ1n) is 1.97. The van der Waals surface area contributed by atoms with E-state index in [0.29, 0.717) is 0 Å². The monoisotopic (exact) mass is 110 g/mol. The molecule has 0 amide bonds. The molecule has 0 aliphatic rings. The number of nitrogens with zero attached hydrogens (tertiary/aromatic N) is 2. The first-order valence-corrected chi connectivity index (χ1v) is 1.97. The largest absolute Gasteiger partial charge is 0.323 e. The van der Waals surface area contributed by atoms with Crippen molar-refractivity contribution in [3.05, 3.63) is 0 Å². The Bertz CT molecular complexity index is 141. The highest BCUT2D eigenvalue weighted by atomic mass is 15.0. The third kappa shape index (κ3) is 2.85. The molecule has 42 valence electrons. The Hall–Kier alpha value is -1.37. The summed E-state index contributed by atoms with van der Waals surface area (Å²) < 4.78 is 0. The molecular weight excluding hydrogens is 104 g/mol. The molecule has 4 heteroatoms. The lowest BCUT2D eigenvalue weighted by Crippen LogP contribution is -2.17. The van der Waals surface area contributed by atoms with E-state index in [1.54, 1.807) is 13.1 Å². The number of amidine groups is 1. The van der Waals surface area contributed by atoms with Gasteiger partial charge in [-0.15, -0.1) is 0 Å². The smallest absolute Gasteiger partial charge is 0.203 e. The van der Waals surface area contributed by atoms with Crippen molar-refractivity contribution in [2.45, 2.75) is 0 Å². The number of rotatable bonds is 1. The normalized spacial score (nSPS) is 8.50. The molecule has 0 aromatic heterocycles. The summed E-state index contributed by atoms with van der Waals surface area (Å²) >= 11 is 0. The molecule has 0 saturated heterocycles. The van der Waals surface area contributed by atoms with Crippen LogP contribution in [0.15, 0.2) is 4.99 Å². The molecule has 0 unspecified atom stereocenters. The van der Waals surface area contributed by atoms with Gasteiger partial charge in [-0.05, 0) is 0 Å². The summed E-state index contributed by atoms with van der Waals surface area (Å²) in [6.45, 7) is 0. The fourth-order valence-corrected chi connectivity index (χ4v) is 0.161. The molecule has 2 N–H and O–H groups in total. The molecule has 0 saturated carbocycles. The van der Waals surface area contributed by atoms with E-state index in [1.807, 2.05) is 0 Å². The lowest BCUT2D eigenvalue weighted by atomic mass is 10.7. The minimum atomic E-state index is -0.199. The van der Waals surface area contributed by atoms with Crippen LogP contribution in [-0.2, 0) is 0 Å². The molecule has 0 heterocycles. The van der Waals surface area contributed by atoms with Gasteiger partial charge in [0.2, 0.25) is 5.84 Å². The van der Waals surface area contributed by atoms with Crippen LogP contribution in [0, 0.1) is 16.7 Å². The second kappa shape index (κ2) is 3.81. The average Bonchev–Trinajstić information content (AvgIpc) is 1.83. The summed E-state index contributed by atoms with van der Waals surface area (Å²) in [6, 6.07) is 1.58. The zero-order valence-corrected chi connectivity index (χ0v) is 4.47. The maximum absolute atomic E-state index is 7.96. The topological polar surface area (TPSA) is 72.0 Å². The maximum Gasteiger partial charge on any atom is 0.203 e. The van der Waals surface area contributed by atoms with Gasteiger partial charge in [0.1, 0.15) is 6.07 Å². The summed E-state index contributed by atoms with van der Waals surface area (Å²) in [5.41, 5.74) is 0. The van der Waals surface area contributed by atoms with Gasteiger partial charge in [-0.25, -0.2) is 0 Å². The minimum Gasteiger partial charge on any atom is -0.323 e. The zero-order valence-electron chi connectivity index (χ0n) is 4.47. The van der Waals surface area contributed by atoms with E-state index in [1.165, 1.54) is 6.34 Å². The first kappa shape index (κ1) is 6.63. The third-order valence-electron chi connectivity index (χ3n) is 0.450. The van der Waals surface area contributed by atoms with Gasteiger partial charge in [0.25, 0.3) is 0 Å². The number of nitrogens with one attached hydrogen (secondary N) is 2. The van der Waals surface area contributed by atoms with Crippen molar-refractivity contribution in [2.24, 2.45) is 4.99 Å². The van der Waals surface area contributed by atoms with Crippen molar-refractivity contribution in [3.8, 4) is 6.07 Å². The van der Waals surface area contributed by atoms with Crippen LogP contribution < -0.4 is 5.32 Å². The molecule has 0 aromatic rings. The Labute approximate surface area is 47.4 Å². The van der Waals surface area contributed by atoms with Crippen LogP contribution in [0.2, 0.25) is 0 Å². The highest BCUT2D eigenvalue weighted by molar-refractivity contribution is 6.00. The summed E-state index contributed by atoms with van der Waals surface area (Å²) in [5, 5.41) is 17.0. The average molecular weight is 110 g/mol. The predicted molar refractivity (Wildman–Crippen MR) is 30.9 cm³/mol.